The van der Waals surface area contributed by atoms with E-state index < -0.39 is 0 Å². The number of anilines is 1. The Morgan fingerprint density at radius 3 is 2.71 bits per heavy atom. The van der Waals surface area contributed by atoms with Crippen molar-refractivity contribution in [1.82, 2.24) is 0 Å². The lowest BCUT2D eigenvalue weighted by atomic mass is 10.3. The van der Waals surface area contributed by atoms with Crippen LogP contribution in [-0.4, -0.2) is 33.5 Å². The zero-order valence-electron chi connectivity index (χ0n) is 9.95. The van der Waals surface area contributed by atoms with E-state index in [1.807, 2.05) is 0 Å². The quantitative estimate of drug-likeness (QED) is 0.559. The van der Waals surface area contributed by atoms with E-state index in [0.29, 0.717) is 37.9 Å². The number of halogens is 1. The van der Waals surface area contributed by atoms with Crippen LogP contribution in [0, 0.1) is 5.82 Å². The van der Waals surface area contributed by atoms with Crippen LogP contribution in [0.3, 0.4) is 0 Å². The minimum atomic E-state index is -0.363. The van der Waals surface area contributed by atoms with Crippen LogP contribution in [0.5, 0.6) is 5.75 Å². The van der Waals surface area contributed by atoms with Crippen LogP contribution >= 0.6 is 0 Å². The first-order valence-corrected chi connectivity index (χ1v) is 5.48. The van der Waals surface area contributed by atoms with Crippen molar-refractivity contribution in [2.45, 2.75) is 6.42 Å². The monoisotopic (exact) mass is 243 g/mol. The molecular weight excluding hydrogens is 225 g/mol. The van der Waals surface area contributed by atoms with Crippen LogP contribution in [0.1, 0.15) is 6.42 Å². The molecule has 0 aliphatic heterocycles. The molecule has 0 bridgehead atoms. The van der Waals surface area contributed by atoms with Crippen molar-refractivity contribution in [2.75, 3.05) is 39.3 Å². The molecule has 0 atom stereocenters. The summed E-state index contributed by atoms with van der Waals surface area (Å²) in [4.78, 5) is 0. The summed E-state index contributed by atoms with van der Waals surface area (Å²) in [5.41, 5.74) is 5.90. The van der Waals surface area contributed by atoms with E-state index in [1.54, 1.807) is 7.11 Å². The number of benzene rings is 1. The fourth-order valence-corrected chi connectivity index (χ4v) is 1.24. The fourth-order valence-electron chi connectivity index (χ4n) is 1.24. The molecule has 5 heteroatoms. The number of nitrogens with two attached hydrogens (primary N) is 1. The largest absolute Gasteiger partial charge is 0.491 e. The molecule has 0 aliphatic rings. The van der Waals surface area contributed by atoms with Gasteiger partial charge < -0.3 is 19.9 Å². The van der Waals surface area contributed by atoms with Gasteiger partial charge in [-0.05, 0) is 12.1 Å². The number of hydrogen-bond acceptors (Lipinski definition) is 4. The lowest BCUT2D eigenvalue weighted by molar-refractivity contribution is 0.0645. The number of hydrogen-bond donors (Lipinski definition) is 1. The summed E-state index contributed by atoms with van der Waals surface area (Å²) >= 11 is 0. The summed E-state index contributed by atoms with van der Waals surface area (Å²) in [6, 6.07) is 4.08. The van der Waals surface area contributed by atoms with Crippen molar-refractivity contribution in [1.29, 1.82) is 0 Å². The highest BCUT2D eigenvalue weighted by atomic mass is 19.1. The summed E-state index contributed by atoms with van der Waals surface area (Å²) < 4.78 is 28.2. The third-order valence-corrected chi connectivity index (χ3v) is 2.09. The summed E-state index contributed by atoms with van der Waals surface area (Å²) in [6.45, 7) is 2.26. The Morgan fingerprint density at radius 2 is 2.00 bits per heavy atom. The van der Waals surface area contributed by atoms with Crippen molar-refractivity contribution in [3.05, 3.63) is 24.0 Å². The van der Waals surface area contributed by atoms with Gasteiger partial charge in [-0.1, -0.05) is 0 Å². The summed E-state index contributed by atoms with van der Waals surface area (Å²) in [6.07, 6.45) is 0.751. The Kier molecular flexibility index (Phi) is 6.35. The standard InChI is InChI=1S/C12H18FNO3/c1-15-7-8-16-5-2-6-17-12-4-3-10(13)9-11(12)14/h3-4,9H,2,5-8,14H2,1H3. The summed E-state index contributed by atoms with van der Waals surface area (Å²) in [7, 11) is 1.63. The second-order valence-electron chi connectivity index (χ2n) is 3.49. The zero-order valence-corrected chi connectivity index (χ0v) is 9.95. The van der Waals surface area contributed by atoms with Crippen LogP contribution in [0.25, 0.3) is 0 Å². The first kappa shape index (κ1) is 13.7. The number of ether oxygens (including phenoxy) is 3. The van der Waals surface area contributed by atoms with Gasteiger partial charge in [-0.15, -0.1) is 0 Å². The van der Waals surface area contributed by atoms with E-state index in [-0.39, 0.29) is 5.82 Å². The minimum Gasteiger partial charge on any atom is -0.491 e. The molecule has 96 valence electrons. The molecule has 0 radical (unpaired) electrons. The molecule has 2 N–H and O–H groups in total. The molecule has 0 aliphatic carbocycles. The van der Waals surface area contributed by atoms with Crippen molar-refractivity contribution in [3.8, 4) is 5.75 Å². The van der Waals surface area contributed by atoms with Gasteiger partial charge in [0.1, 0.15) is 11.6 Å². The van der Waals surface area contributed by atoms with Gasteiger partial charge in [-0.3, -0.25) is 0 Å². The molecule has 0 saturated carbocycles. The lowest BCUT2D eigenvalue weighted by Gasteiger charge is -2.09. The maximum atomic E-state index is 12.7. The van der Waals surface area contributed by atoms with E-state index in [0.717, 1.165) is 6.42 Å². The van der Waals surface area contributed by atoms with Crippen LogP contribution in [0.15, 0.2) is 18.2 Å². The highest BCUT2D eigenvalue weighted by Crippen LogP contribution is 2.21. The van der Waals surface area contributed by atoms with Crippen LogP contribution < -0.4 is 10.5 Å². The Bertz CT molecular complexity index is 334. The maximum Gasteiger partial charge on any atom is 0.142 e. The Balaban J connectivity index is 2.14. The summed E-state index contributed by atoms with van der Waals surface area (Å²) in [5.74, 6) is 0.140. The second-order valence-corrected chi connectivity index (χ2v) is 3.49. The molecule has 1 aromatic rings. The average Bonchev–Trinajstić information content (AvgIpc) is 2.30. The third kappa shape index (κ3) is 5.51. The maximum absolute atomic E-state index is 12.7. The smallest absolute Gasteiger partial charge is 0.142 e. The van der Waals surface area contributed by atoms with Gasteiger partial charge in [0.05, 0.1) is 25.5 Å². The zero-order chi connectivity index (χ0) is 12.5. The van der Waals surface area contributed by atoms with Crippen LogP contribution in [0.4, 0.5) is 10.1 Å². The Morgan fingerprint density at radius 1 is 1.18 bits per heavy atom. The predicted octanol–water partition coefficient (Wildman–Crippen LogP) is 1.84. The number of methoxy groups -OCH3 is 1. The number of rotatable bonds is 8. The topological polar surface area (TPSA) is 53.7 Å². The normalized spacial score (nSPS) is 10.5. The highest BCUT2D eigenvalue weighted by molar-refractivity contribution is 5.52. The highest BCUT2D eigenvalue weighted by Gasteiger charge is 2.01. The molecule has 0 saturated heterocycles. The van der Waals surface area contributed by atoms with E-state index in [9.17, 15) is 4.39 Å². The van der Waals surface area contributed by atoms with Crippen molar-refractivity contribution in [2.24, 2.45) is 0 Å². The predicted molar refractivity (Wildman–Crippen MR) is 63.6 cm³/mol. The molecule has 1 aromatic carbocycles. The first-order chi connectivity index (χ1) is 8.24. The van der Waals surface area contributed by atoms with E-state index in [2.05, 4.69) is 0 Å². The SMILES string of the molecule is COCCOCCCOc1ccc(F)cc1N. The Hall–Kier alpha value is -1.33. The van der Waals surface area contributed by atoms with Crippen LogP contribution in [-0.2, 0) is 9.47 Å². The second kappa shape index (κ2) is 7.86. The molecule has 0 fully saturated rings. The molecule has 0 amide bonds. The lowest BCUT2D eigenvalue weighted by Crippen LogP contribution is -2.07. The molecule has 4 nitrogen and oxygen atoms in total. The molecule has 0 spiro atoms. The summed E-state index contributed by atoms with van der Waals surface area (Å²) in [5, 5.41) is 0. The van der Waals surface area contributed by atoms with Gasteiger partial charge in [0.15, 0.2) is 0 Å². The van der Waals surface area contributed by atoms with E-state index in [1.165, 1.54) is 18.2 Å². The van der Waals surface area contributed by atoms with Gasteiger partial charge in [0, 0.05) is 26.2 Å². The Labute approximate surface area is 100 Å². The number of nitrogen functional groups attached to an aromatic ring is 1. The van der Waals surface area contributed by atoms with Crippen molar-refractivity contribution in [3.63, 3.8) is 0 Å². The van der Waals surface area contributed by atoms with Gasteiger partial charge in [-0.2, -0.15) is 0 Å². The fraction of sp³-hybridized carbons (Fsp3) is 0.500. The molecule has 0 heterocycles. The molecule has 0 aromatic heterocycles. The van der Waals surface area contributed by atoms with Gasteiger partial charge >= 0.3 is 0 Å². The molecule has 17 heavy (non-hydrogen) atoms. The third-order valence-electron chi connectivity index (χ3n) is 2.09. The van der Waals surface area contributed by atoms with Crippen molar-refractivity contribution < 1.29 is 18.6 Å². The minimum absolute atomic E-state index is 0.310. The molecule has 0 unspecified atom stereocenters. The van der Waals surface area contributed by atoms with Gasteiger partial charge in [0.25, 0.3) is 0 Å². The van der Waals surface area contributed by atoms with E-state index in [4.69, 9.17) is 19.9 Å². The van der Waals surface area contributed by atoms with Crippen molar-refractivity contribution >= 4 is 5.69 Å². The first-order valence-electron chi connectivity index (χ1n) is 5.48. The average molecular weight is 243 g/mol. The molecular formula is C12H18FNO3. The van der Waals surface area contributed by atoms with Gasteiger partial charge in [0.2, 0.25) is 0 Å². The molecule has 1 rings (SSSR count). The van der Waals surface area contributed by atoms with Crippen LogP contribution in [0.2, 0.25) is 0 Å². The van der Waals surface area contributed by atoms with Gasteiger partial charge in [-0.25, -0.2) is 4.39 Å². The van der Waals surface area contributed by atoms with E-state index >= 15 is 0 Å².